The zero-order valence-corrected chi connectivity index (χ0v) is 14.5. The summed E-state index contributed by atoms with van der Waals surface area (Å²) in [4.78, 5) is 8.54. The Labute approximate surface area is 148 Å². The molecule has 0 bridgehead atoms. The van der Waals surface area contributed by atoms with Crippen molar-refractivity contribution in [2.75, 3.05) is 17.2 Å². The molecule has 2 N–H and O–H groups in total. The largest absolute Gasteiger partial charge is 0.494 e. The molecule has 1 heterocycles. The molecular weight excluding hydrogens is 312 g/mol. The number of hydrogen-bond acceptors (Lipinski definition) is 5. The summed E-state index contributed by atoms with van der Waals surface area (Å²) in [6.45, 7) is 5.45. The summed E-state index contributed by atoms with van der Waals surface area (Å²) < 4.78 is 5.45. The molecule has 0 fully saturated rings. The van der Waals surface area contributed by atoms with E-state index in [0.29, 0.717) is 6.61 Å². The quantitative estimate of drug-likeness (QED) is 0.664. The Bertz CT molecular complexity index is 818. The van der Waals surface area contributed by atoms with Crippen LogP contribution >= 0.6 is 0 Å². The molecule has 0 radical (unpaired) electrons. The second kappa shape index (κ2) is 8.15. The maximum Gasteiger partial charge on any atom is 0.135 e. The van der Waals surface area contributed by atoms with Gasteiger partial charge in [-0.2, -0.15) is 0 Å². The average Bonchev–Trinajstić information content (AvgIpc) is 2.62. The third-order valence-corrected chi connectivity index (χ3v) is 3.66. The van der Waals surface area contributed by atoms with Crippen molar-refractivity contribution in [2.24, 2.45) is 0 Å². The minimum Gasteiger partial charge on any atom is -0.494 e. The number of hydrogen-bond donors (Lipinski definition) is 2. The van der Waals surface area contributed by atoms with E-state index in [-0.39, 0.29) is 0 Å². The van der Waals surface area contributed by atoms with Crippen LogP contribution in [-0.2, 0) is 6.54 Å². The minimum atomic E-state index is 0.661. The van der Waals surface area contributed by atoms with Crippen molar-refractivity contribution in [3.8, 4) is 5.75 Å². The average molecular weight is 334 g/mol. The second-order valence-corrected chi connectivity index (χ2v) is 5.71. The van der Waals surface area contributed by atoms with E-state index >= 15 is 0 Å². The van der Waals surface area contributed by atoms with Crippen molar-refractivity contribution in [3.05, 3.63) is 72.1 Å². The highest BCUT2D eigenvalue weighted by molar-refractivity contribution is 5.59. The third-order valence-electron chi connectivity index (χ3n) is 3.66. The van der Waals surface area contributed by atoms with Gasteiger partial charge in [0.1, 0.15) is 23.7 Å². The Morgan fingerprint density at radius 2 is 1.76 bits per heavy atom. The highest BCUT2D eigenvalue weighted by Crippen LogP contribution is 2.20. The standard InChI is InChI=1S/C20H22N4O/c1-3-25-18-9-7-17(8-10-18)24-20-12-19(22-14-23-20)21-13-16-6-4-5-15(2)11-16/h4-12,14H,3,13H2,1-2H3,(H2,21,22,23,24). The lowest BCUT2D eigenvalue weighted by Gasteiger charge is -2.10. The monoisotopic (exact) mass is 334 g/mol. The van der Waals surface area contributed by atoms with Gasteiger partial charge in [-0.3, -0.25) is 0 Å². The van der Waals surface area contributed by atoms with E-state index in [0.717, 1.165) is 29.6 Å². The predicted molar refractivity (Wildman–Crippen MR) is 101 cm³/mol. The van der Waals surface area contributed by atoms with Crippen LogP contribution in [0.5, 0.6) is 5.75 Å². The SMILES string of the molecule is CCOc1ccc(Nc2cc(NCc3cccc(C)c3)ncn2)cc1. The van der Waals surface area contributed by atoms with Crippen LogP contribution in [0, 0.1) is 6.92 Å². The van der Waals surface area contributed by atoms with Crippen LogP contribution in [0.3, 0.4) is 0 Å². The molecule has 2 aromatic carbocycles. The normalized spacial score (nSPS) is 10.3. The van der Waals surface area contributed by atoms with Crippen molar-refractivity contribution in [1.82, 2.24) is 9.97 Å². The molecule has 0 spiro atoms. The molecule has 3 rings (SSSR count). The second-order valence-electron chi connectivity index (χ2n) is 5.71. The van der Waals surface area contributed by atoms with Crippen LogP contribution in [0.1, 0.15) is 18.1 Å². The molecule has 25 heavy (non-hydrogen) atoms. The van der Waals surface area contributed by atoms with Crippen molar-refractivity contribution in [1.29, 1.82) is 0 Å². The molecule has 1 aromatic heterocycles. The highest BCUT2D eigenvalue weighted by Gasteiger charge is 2.01. The molecule has 0 aliphatic heterocycles. The van der Waals surface area contributed by atoms with E-state index < -0.39 is 0 Å². The number of benzene rings is 2. The molecule has 5 heteroatoms. The fourth-order valence-corrected chi connectivity index (χ4v) is 2.49. The lowest BCUT2D eigenvalue weighted by atomic mass is 10.1. The number of ether oxygens (including phenoxy) is 1. The summed E-state index contributed by atoms with van der Waals surface area (Å²) in [5.41, 5.74) is 3.42. The maximum absolute atomic E-state index is 5.45. The Morgan fingerprint density at radius 1 is 0.960 bits per heavy atom. The molecule has 0 aliphatic rings. The van der Waals surface area contributed by atoms with Gasteiger partial charge in [-0.15, -0.1) is 0 Å². The molecule has 5 nitrogen and oxygen atoms in total. The van der Waals surface area contributed by atoms with Crippen LogP contribution < -0.4 is 15.4 Å². The van der Waals surface area contributed by atoms with Gasteiger partial charge < -0.3 is 15.4 Å². The van der Waals surface area contributed by atoms with Gasteiger partial charge in [0.2, 0.25) is 0 Å². The molecule has 3 aromatic rings. The zero-order chi connectivity index (χ0) is 17.5. The zero-order valence-electron chi connectivity index (χ0n) is 14.5. The van der Waals surface area contributed by atoms with Crippen LogP contribution in [0.15, 0.2) is 60.9 Å². The molecule has 128 valence electrons. The summed E-state index contributed by atoms with van der Waals surface area (Å²) in [5, 5.41) is 6.60. The Kier molecular flexibility index (Phi) is 5.46. The molecule has 0 atom stereocenters. The van der Waals surface area contributed by atoms with Gasteiger partial charge in [-0.05, 0) is 43.7 Å². The summed E-state index contributed by atoms with van der Waals surface area (Å²) in [5.74, 6) is 2.38. The molecule has 0 saturated heterocycles. The molecule has 0 unspecified atom stereocenters. The molecule has 0 saturated carbocycles. The van der Waals surface area contributed by atoms with E-state index in [4.69, 9.17) is 4.74 Å². The van der Waals surface area contributed by atoms with E-state index in [1.165, 1.54) is 11.1 Å². The third kappa shape index (κ3) is 4.94. The topological polar surface area (TPSA) is 59.1 Å². The van der Waals surface area contributed by atoms with E-state index in [1.54, 1.807) is 6.33 Å². The summed E-state index contributed by atoms with van der Waals surface area (Å²) in [7, 11) is 0. The summed E-state index contributed by atoms with van der Waals surface area (Å²) in [6.07, 6.45) is 1.55. The minimum absolute atomic E-state index is 0.661. The van der Waals surface area contributed by atoms with Crippen molar-refractivity contribution >= 4 is 17.3 Å². The van der Waals surface area contributed by atoms with Gasteiger partial charge in [-0.25, -0.2) is 9.97 Å². The number of anilines is 3. The van der Waals surface area contributed by atoms with E-state index in [9.17, 15) is 0 Å². The Hall–Kier alpha value is -3.08. The smallest absolute Gasteiger partial charge is 0.135 e. The van der Waals surface area contributed by atoms with Crippen LogP contribution in [0.25, 0.3) is 0 Å². The predicted octanol–water partition coefficient (Wildman–Crippen LogP) is 4.54. The van der Waals surface area contributed by atoms with Crippen LogP contribution in [-0.4, -0.2) is 16.6 Å². The summed E-state index contributed by atoms with van der Waals surface area (Å²) in [6, 6.07) is 18.1. The van der Waals surface area contributed by atoms with E-state index in [2.05, 4.69) is 51.8 Å². The van der Waals surface area contributed by atoms with Crippen molar-refractivity contribution in [2.45, 2.75) is 20.4 Å². The lowest BCUT2D eigenvalue weighted by molar-refractivity contribution is 0.340. The van der Waals surface area contributed by atoms with Crippen molar-refractivity contribution < 1.29 is 4.74 Å². The molecule has 0 amide bonds. The Morgan fingerprint density at radius 3 is 2.52 bits per heavy atom. The Balaban J connectivity index is 1.62. The fraction of sp³-hybridized carbons (Fsp3) is 0.200. The number of nitrogens with zero attached hydrogens (tertiary/aromatic N) is 2. The summed E-state index contributed by atoms with van der Waals surface area (Å²) >= 11 is 0. The van der Waals surface area contributed by atoms with Gasteiger partial charge >= 0.3 is 0 Å². The van der Waals surface area contributed by atoms with Gasteiger partial charge in [0, 0.05) is 18.3 Å². The fourth-order valence-electron chi connectivity index (χ4n) is 2.49. The van der Waals surface area contributed by atoms with Crippen molar-refractivity contribution in [3.63, 3.8) is 0 Å². The lowest BCUT2D eigenvalue weighted by Crippen LogP contribution is -2.03. The first-order valence-electron chi connectivity index (χ1n) is 8.34. The van der Waals surface area contributed by atoms with Gasteiger partial charge in [0.05, 0.1) is 6.61 Å². The van der Waals surface area contributed by atoms with Crippen LogP contribution in [0.4, 0.5) is 17.3 Å². The number of rotatable bonds is 7. The first-order valence-corrected chi connectivity index (χ1v) is 8.34. The van der Waals surface area contributed by atoms with E-state index in [1.807, 2.05) is 37.3 Å². The molecule has 0 aliphatic carbocycles. The highest BCUT2D eigenvalue weighted by atomic mass is 16.5. The van der Waals surface area contributed by atoms with Gasteiger partial charge in [0.15, 0.2) is 0 Å². The number of aryl methyl sites for hydroxylation is 1. The number of aromatic nitrogens is 2. The first-order chi connectivity index (χ1) is 12.2. The maximum atomic E-state index is 5.45. The first kappa shape index (κ1) is 16.8. The molecular formula is C20H22N4O. The van der Waals surface area contributed by atoms with Crippen LogP contribution in [0.2, 0.25) is 0 Å². The number of nitrogens with one attached hydrogen (secondary N) is 2. The van der Waals surface area contributed by atoms with Gasteiger partial charge in [0.25, 0.3) is 0 Å². The van der Waals surface area contributed by atoms with Gasteiger partial charge in [-0.1, -0.05) is 29.8 Å².